The van der Waals surface area contributed by atoms with Gasteiger partial charge in [-0.1, -0.05) is 54.2 Å². The lowest BCUT2D eigenvalue weighted by Crippen LogP contribution is -2.44. The SMILES string of the molecule is C#CCOCCCNC(=O)OC(C)(C)C.C1CCOC1.Cl.Cn1c(=O)n(C2CCC(=O)CC2=O)c2cccc(C#CCOCCCNC(=O)OC(C)(C)C)c21.Cn1c(=O)n(C2CCC(=O)CC2=O)c2cccc(CCCOCCCN)c21.Cn1c(=O)n(C2CCC(=O)CC2=O)c2cccc(CCCOCCCNC(=O)OC(C)(C)C)c21.Cn1c(=O)n(C2CCC(=O)NC2=O)c2cccc(Br)c21.O.P. The highest BCUT2D eigenvalue weighted by molar-refractivity contribution is 9.10. The second-order valence-electron chi connectivity index (χ2n) is 36.2. The largest absolute Gasteiger partial charge is 0.444 e. The fraction of sp³-hybridized carbons (Fsp3) is 0.561. The van der Waals surface area contributed by atoms with E-state index in [9.17, 15) is 71.9 Å². The number of piperidine rings is 1. The second-order valence-corrected chi connectivity index (χ2v) is 37.1. The van der Waals surface area contributed by atoms with Crippen molar-refractivity contribution < 1.29 is 96.1 Å². The number of ketones is 6. The quantitative estimate of drug-likeness (QED) is 0.00726. The molecule has 8 N–H and O–H groups in total. The molecule has 138 heavy (non-hydrogen) atoms. The molecule has 13 rings (SSSR count). The molecule has 0 bridgehead atoms. The third-order valence-electron chi connectivity index (χ3n) is 22.1. The molecule has 6 heterocycles. The van der Waals surface area contributed by atoms with Crippen molar-refractivity contribution in [1.29, 1.82) is 0 Å². The van der Waals surface area contributed by atoms with E-state index in [0.29, 0.717) is 152 Å². The van der Waals surface area contributed by atoms with E-state index in [1.807, 2.05) is 96.1 Å². The zero-order chi connectivity index (χ0) is 98.9. The summed E-state index contributed by atoms with van der Waals surface area (Å²) < 4.78 is 55.2. The van der Waals surface area contributed by atoms with E-state index in [1.54, 1.807) is 85.4 Å². The number of hydrogen-bond acceptors (Lipinski definition) is 24. The van der Waals surface area contributed by atoms with Gasteiger partial charge in [0.2, 0.25) is 11.8 Å². The van der Waals surface area contributed by atoms with Gasteiger partial charge in [-0.3, -0.25) is 80.2 Å². The summed E-state index contributed by atoms with van der Waals surface area (Å²) >= 11 is 3.42. The number of fused-ring (bicyclic) bond motifs is 4. The molecule has 3 aliphatic carbocycles. The number of para-hydroxylation sites is 4. The van der Waals surface area contributed by atoms with Crippen molar-refractivity contribution in [2.45, 2.75) is 238 Å². The minimum Gasteiger partial charge on any atom is -0.444 e. The van der Waals surface area contributed by atoms with Crippen molar-refractivity contribution in [3.63, 3.8) is 0 Å². The molecule has 40 heteroatoms. The van der Waals surface area contributed by atoms with Crippen LogP contribution in [0.1, 0.15) is 225 Å². The molecule has 0 spiro atoms. The van der Waals surface area contributed by atoms with E-state index in [-0.39, 0.29) is 123 Å². The summed E-state index contributed by atoms with van der Waals surface area (Å²) in [6, 6.07) is 20.0. The molecular weight excluding hydrogens is 1890 g/mol. The summed E-state index contributed by atoms with van der Waals surface area (Å²) in [7, 11) is 6.77. The average Bonchev–Trinajstić information content (AvgIpc) is 1.58. The number of nitrogens with zero attached hydrogens (tertiary/aromatic N) is 8. The summed E-state index contributed by atoms with van der Waals surface area (Å²) in [4.78, 5) is 181. The standard InChI is InChI=1S/C25H35N3O6.C25H31N3O6.C20H27N3O4.C13H12BrN3O3.C11H19NO3.C4H8O.ClH.H2O.H3P/c2*1-25(2,3)34-23(31)26-13-7-15-33-14-6-9-17-8-5-10-20-22(17)27(4)24(32)28(20)19-12-11-18(29)16-21(19)30;1-22-19-14(6-3-11-27-12-4-10-21)5-2-7-17(19)23(20(22)26)16-9-8-15(24)13-18(16)25;1-16-11-7(14)3-2-4-8(11)17(13(16)20)9-5-6-10(18)15-12(9)19;1-5-8-14-9-6-7-12-10(13)15-11(2,3)4;1-2-4-5-3-1;;;/h5,8,10,19H,6-7,9,11-16H2,1-4H3,(H,26,31);5,8,10,19H,7,11-16H2,1-4H3,(H,26,31);2,5,7,16H,3-4,6,8-13,21H2,1H3;2-4,9H,5-6H2,1H3,(H,15,18,19);1H,6-9H2,2-4H3,(H,12,13);1-4H2;1H;1H2;1H3. The lowest BCUT2D eigenvalue weighted by molar-refractivity contribution is -0.136. The molecule has 5 fully saturated rings. The van der Waals surface area contributed by atoms with Crippen LogP contribution in [0.15, 0.2) is 96.4 Å². The monoisotopic (exact) mass is 2030 g/mol. The number of imide groups is 1. The highest BCUT2D eigenvalue weighted by Gasteiger charge is 2.37. The molecule has 8 aromatic rings. The third kappa shape index (κ3) is 34.8. The smallest absolute Gasteiger partial charge is 0.407 e. The number of rotatable bonds is 29. The van der Waals surface area contributed by atoms with Gasteiger partial charge in [0, 0.05) is 131 Å². The molecule has 37 nitrogen and oxygen atoms in total. The number of ether oxygens (including phenoxy) is 8. The number of carbonyl (C=O) groups excluding carboxylic acids is 11. The van der Waals surface area contributed by atoms with Gasteiger partial charge in [0.05, 0.1) is 87.1 Å². The predicted octanol–water partition coefficient (Wildman–Crippen LogP) is 10.1. The van der Waals surface area contributed by atoms with E-state index in [4.69, 9.17) is 50.1 Å². The third-order valence-corrected chi connectivity index (χ3v) is 22.7. The molecule has 0 radical (unpaired) electrons. The summed E-state index contributed by atoms with van der Waals surface area (Å²) in [6.07, 6.45) is 14.6. The molecule has 5 unspecified atom stereocenters. The number of carbonyl (C=O) groups is 11. The van der Waals surface area contributed by atoms with Crippen LogP contribution < -0.4 is 49.8 Å². The van der Waals surface area contributed by atoms with Crippen molar-refractivity contribution in [3.05, 3.63) is 136 Å². The first-order valence-corrected chi connectivity index (χ1v) is 46.8. The summed E-state index contributed by atoms with van der Waals surface area (Å²) in [5.41, 5.74) is 11.5. The number of nitrogens with two attached hydrogens (primary N) is 1. The van der Waals surface area contributed by atoms with Gasteiger partial charge in [0.15, 0.2) is 17.3 Å². The number of imidazole rings is 4. The van der Waals surface area contributed by atoms with Crippen LogP contribution in [-0.2, 0) is 117 Å². The Bertz CT molecular complexity index is 5890. The van der Waals surface area contributed by atoms with Gasteiger partial charge in [0.1, 0.15) is 53.4 Å². The molecule has 5 atom stereocenters. The summed E-state index contributed by atoms with van der Waals surface area (Å²) in [5.74, 6) is 6.89. The highest BCUT2D eigenvalue weighted by Crippen LogP contribution is 2.33. The van der Waals surface area contributed by atoms with E-state index in [2.05, 4.69) is 55.0 Å². The summed E-state index contributed by atoms with van der Waals surface area (Å²) in [6.45, 7) is 24.3. The Balaban J connectivity index is 0.000000306. The fourth-order valence-corrected chi connectivity index (χ4v) is 16.6. The average molecular weight is 2030 g/mol. The number of nitrogens with one attached hydrogen (secondary N) is 4. The van der Waals surface area contributed by atoms with E-state index < -0.39 is 65.2 Å². The predicted molar refractivity (Wildman–Crippen MR) is 534 cm³/mol. The number of aromatic nitrogens is 8. The first-order valence-electron chi connectivity index (χ1n) is 46.0. The molecule has 3 saturated carbocycles. The fourth-order valence-electron chi connectivity index (χ4n) is 16.0. The first kappa shape index (κ1) is 117. The van der Waals surface area contributed by atoms with Gasteiger partial charge < -0.3 is 65.1 Å². The molecule has 758 valence electrons. The number of aryl methyl sites for hydroxylation is 6. The minimum absolute atomic E-state index is 0. The Morgan fingerprint density at radius 1 is 0.464 bits per heavy atom. The molecule has 2 aliphatic heterocycles. The van der Waals surface area contributed by atoms with Crippen LogP contribution in [0.2, 0.25) is 0 Å². The van der Waals surface area contributed by atoms with Gasteiger partial charge in [-0.15, -0.1) is 18.8 Å². The molecule has 4 aromatic carbocycles. The first-order chi connectivity index (χ1) is 64.2. The van der Waals surface area contributed by atoms with E-state index in [1.165, 1.54) is 31.1 Å². The number of terminal acetylenes is 1. The van der Waals surface area contributed by atoms with Crippen LogP contribution >= 0.6 is 38.2 Å². The van der Waals surface area contributed by atoms with Crippen LogP contribution in [0.4, 0.5) is 14.4 Å². The number of amides is 5. The van der Waals surface area contributed by atoms with Gasteiger partial charge in [-0.2, -0.15) is 9.90 Å². The highest BCUT2D eigenvalue weighted by atomic mass is 79.9. The second kappa shape index (κ2) is 56.9. The number of Topliss-reactive ketones (excluding diaryl/α,β-unsaturated/α-hetero) is 6. The number of hydrogen-bond donors (Lipinski definition) is 5. The maximum atomic E-state index is 13.0. The van der Waals surface area contributed by atoms with E-state index in [0.717, 1.165) is 94.9 Å². The topological polar surface area (TPSA) is 475 Å². The normalized spacial score (nSPS) is 16.4. The molecule has 5 aliphatic rings. The van der Waals surface area contributed by atoms with Crippen LogP contribution in [0.5, 0.6) is 0 Å². The van der Waals surface area contributed by atoms with Crippen molar-refractivity contribution in [2.24, 2.45) is 33.9 Å². The Hall–Kier alpha value is -11.0. The van der Waals surface area contributed by atoms with Crippen LogP contribution in [-0.4, -0.2) is 216 Å². The number of benzene rings is 4. The molecule has 5 amide bonds. The molecular formula is C98H138BrClN13O24P. The van der Waals surface area contributed by atoms with Crippen molar-refractivity contribution >= 4 is 147 Å². The summed E-state index contributed by atoms with van der Waals surface area (Å²) in [5, 5.41) is 10.3. The Morgan fingerprint density at radius 2 is 0.804 bits per heavy atom. The van der Waals surface area contributed by atoms with E-state index >= 15 is 0 Å². The Kier molecular flexibility index (Phi) is 48.4. The number of alkyl carbamates (subject to hydrolysis) is 3. The van der Waals surface area contributed by atoms with Crippen molar-refractivity contribution in [2.75, 3.05) is 92.2 Å². The van der Waals surface area contributed by atoms with Crippen molar-refractivity contribution in [1.82, 2.24) is 57.8 Å². The van der Waals surface area contributed by atoms with Crippen LogP contribution in [0.25, 0.3) is 44.1 Å². The van der Waals surface area contributed by atoms with Gasteiger partial charge in [-0.05, 0) is 222 Å². The maximum absolute atomic E-state index is 13.0. The zero-order valence-electron chi connectivity index (χ0n) is 81.6. The Morgan fingerprint density at radius 3 is 1.18 bits per heavy atom. The maximum Gasteiger partial charge on any atom is 0.407 e. The lowest BCUT2D eigenvalue weighted by atomic mass is 9.92. The Labute approximate surface area is 820 Å². The van der Waals surface area contributed by atoms with Gasteiger partial charge in [-0.25, -0.2) is 33.6 Å². The van der Waals surface area contributed by atoms with Crippen LogP contribution in [0.3, 0.4) is 0 Å². The van der Waals surface area contributed by atoms with Gasteiger partial charge >= 0.3 is 41.0 Å². The molecule has 2 saturated heterocycles. The molecule has 4 aromatic heterocycles. The lowest BCUT2D eigenvalue weighted by Gasteiger charge is -2.21. The van der Waals surface area contributed by atoms with Gasteiger partial charge in [0.25, 0.3) is 0 Å². The zero-order valence-corrected chi connectivity index (χ0v) is 85.4. The van der Waals surface area contributed by atoms with Crippen molar-refractivity contribution in [3.8, 4) is 24.2 Å². The van der Waals surface area contributed by atoms with Crippen LogP contribution in [0, 0.1) is 24.2 Å². The minimum atomic E-state index is -0.641. The number of halogens is 2.